The molecule has 0 N–H and O–H groups in total. The highest BCUT2D eigenvalue weighted by atomic mass is 16.5. The molecule has 13 heavy (non-hydrogen) atoms. The van der Waals surface area contributed by atoms with Gasteiger partial charge in [0.1, 0.15) is 0 Å². The molecule has 0 aromatic rings. The normalized spacial score (nSPS) is 21.5. The Morgan fingerprint density at radius 1 is 1.38 bits per heavy atom. The lowest BCUT2D eigenvalue weighted by Gasteiger charge is -2.40. The highest BCUT2D eigenvalue weighted by molar-refractivity contribution is 4.81. The first-order valence-corrected chi connectivity index (χ1v) is 5.60. The molecule has 0 spiro atoms. The van der Waals surface area contributed by atoms with E-state index in [1.807, 2.05) is 0 Å². The van der Waals surface area contributed by atoms with Crippen molar-refractivity contribution in [2.45, 2.75) is 39.7 Å². The van der Waals surface area contributed by atoms with Crippen molar-refractivity contribution in [2.24, 2.45) is 5.92 Å². The van der Waals surface area contributed by atoms with Gasteiger partial charge in [0, 0.05) is 26.2 Å². The molecule has 0 aromatic carbocycles. The third-order valence-corrected chi connectivity index (χ3v) is 2.68. The van der Waals surface area contributed by atoms with Crippen LogP contribution >= 0.6 is 0 Å². The Balaban J connectivity index is 2.00. The standard InChI is InChI=1S/C11H23NO/c1-4-6-10(3)7-12-8-11(9-12)13-5-2/h10-11H,4-9H2,1-3H3. The third kappa shape index (κ3) is 3.65. The van der Waals surface area contributed by atoms with Crippen LogP contribution in [0.2, 0.25) is 0 Å². The van der Waals surface area contributed by atoms with Gasteiger partial charge < -0.3 is 4.74 Å². The van der Waals surface area contributed by atoms with Gasteiger partial charge in [0.15, 0.2) is 0 Å². The summed E-state index contributed by atoms with van der Waals surface area (Å²) >= 11 is 0. The second kappa shape index (κ2) is 5.61. The smallest absolute Gasteiger partial charge is 0.0828 e. The Morgan fingerprint density at radius 2 is 2.08 bits per heavy atom. The number of hydrogen-bond donors (Lipinski definition) is 0. The van der Waals surface area contributed by atoms with E-state index in [1.54, 1.807) is 0 Å². The van der Waals surface area contributed by atoms with Gasteiger partial charge in [-0.25, -0.2) is 0 Å². The average molecular weight is 185 g/mol. The molecule has 1 fully saturated rings. The zero-order valence-corrected chi connectivity index (χ0v) is 9.25. The Morgan fingerprint density at radius 3 is 2.62 bits per heavy atom. The van der Waals surface area contributed by atoms with E-state index in [9.17, 15) is 0 Å². The van der Waals surface area contributed by atoms with Crippen LogP contribution in [0.4, 0.5) is 0 Å². The maximum Gasteiger partial charge on any atom is 0.0828 e. The molecule has 0 bridgehead atoms. The van der Waals surface area contributed by atoms with E-state index in [1.165, 1.54) is 19.4 Å². The SMILES string of the molecule is CCCC(C)CN1CC(OCC)C1. The maximum absolute atomic E-state index is 5.51. The van der Waals surface area contributed by atoms with E-state index in [-0.39, 0.29) is 0 Å². The molecule has 1 heterocycles. The lowest BCUT2D eigenvalue weighted by molar-refractivity contribution is -0.0543. The number of rotatable bonds is 6. The highest BCUT2D eigenvalue weighted by Gasteiger charge is 2.27. The van der Waals surface area contributed by atoms with Crippen molar-refractivity contribution in [3.8, 4) is 0 Å². The van der Waals surface area contributed by atoms with E-state index >= 15 is 0 Å². The van der Waals surface area contributed by atoms with Crippen LogP contribution < -0.4 is 0 Å². The van der Waals surface area contributed by atoms with Gasteiger partial charge >= 0.3 is 0 Å². The summed E-state index contributed by atoms with van der Waals surface area (Å²) in [5, 5.41) is 0. The van der Waals surface area contributed by atoms with Crippen LogP contribution in [0.25, 0.3) is 0 Å². The highest BCUT2D eigenvalue weighted by Crippen LogP contribution is 2.15. The van der Waals surface area contributed by atoms with Gasteiger partial charge in [0.05, 0.1) is 6.10 Å². The van der Waals surface area contributed by atoms with Crippen molar-refractivity contribution in [3.05, 3.63) is 0 Å². The first-order chi connectivity index (χ1) is 6.26. The molecule has 1 saturated heterocycles. The second-order valence-corrected chi connectivity index (χ2v) is 4.19. The van der Waals surface area contributed by atoms with Gasteiger partial charge in [0.2, 0.25) is 0 Å². The largest absolute Gasteiger partial charge is 0.376 e. The summed E-state index contributed by atoms with van der Waals surface area (Å²) in [7, 11) is 0. The Kier molecular flexibility index (Phi) is 4.74. The topological polar surface area (TPSA) is 12.5 Å². The number of ether oxygens (including phenoxy) is 1. The van der Waals surface area contributed by atoms with E-state index in [0.717, 1.165) is 25.6 Å². The van der Waals surface area contributed by atoms with Gasteiger partial charge in [-0.1, -0.05) is 20.3 Å². The van der Waals surface area contributed by atoms with E-state index in [4.69, 9.17) is 4.74 Å². The molecule has 0 radical (unpaired) electrons. The minimum Gasteiger partial charge on any atom is -0.376 e. The van der Waals surface area contributed by atoms with Crippen LogP contribution in [0.3, 0.4) is 0 Å². The van der Waals surface area contributed by atoms with E-state index in [2.05, 4.69) is 25.7 Å². The second-order valence-electron chi connectivity index (χ2n) is 4.19. The van der Waals surface area contributed by atoms with Crippen LogP contribution in [0.15, 0.2) is 0 Å². The molecule has 1 aliphatic heterocycles. The van der Waals surface area contributed by atoms with E-state index < -0.39 is 0 Å². The molecule has 0 amide bonds. The first kappa shape index (κ1) is 11.0. The van der Waals surface area contributed by atoms with Crippen molar-refractivity contribution >= 4 is 0 Å². The maximum atomic E-state index is 5.51. The molecule has 2 heteroatoms. The lowest BCUT2D eigenvalue weighted by atomic mass is 10.0. The van der Waals surface area contributed by atoms with Crippen LogP contribution in [-0.4, -0.2) is 37.2 Å². The number of hydrogen-bond acceptors (Lipinski definition) is 2. The number of nitrogens with zero attached hydrogens (tertiary/aromatic N) is 1. The van der Waals surface area contributed by atoms with Gasteiger partial charge in [-0.3, -0.25) is 4.90 Å². The quantitative estimate of drug-likeness (QED) is 0.628. The van der Waals surface area contributed by atoms with Crippen molar-refractivity contribution < 1.29 is 4.74 Å². The number of likely N-dealkylation sites (tertiary alicyclic amines) is 1. The minimum absolute atomic E-state index is 0.527. The zero-order chi connectivity index (χ0) is 9.68. The Labute approximate surface area is 82.3 Å². The molecule has 0 saturated carbocycles. The molecular formula is C11H23NO. The van der Waals surface area contributed by atoms with E-state index in [0.29, 0.717) is 6.10 Å². The summed E-state index contributed by atoms with van der Waals surface area (Å²) in [5.41, 5.74) is 0. The summed E-state index contributed by atoms with van der Waals surface area (Å²) in [6, 6.07) is 0. The first-order valence-electron chi connectivity index (χ1n) is 5.60. The average Bonchev–Trinajstić information content (AvgIpc) is 2.01. The predicted molar refractivity (Wildman–Crippen MR) is 55.9 cm³/mol. The third-order valence-electron chi connectivity index (χ3n) is 2.68. The fraction of sp³-hybridized carbons (Fsp3) is 1.00. The van der Waals surface area contributed by atoms with Gasteiger partial charge in [0.25, 0.3) is 0 Å². The molecule has 1 aliphatic rings. The molecular weight excluding hydrogens is 162 g/mol. The monoisotopic (exact) mass is 185 g/mol. The van der Waals surface area contributed by atoms with Gasteiger partial charge in [-0.05, 0) is 19.3 Å². The molecule has 2 nitrogen and oxygen atoms in total. The summed E-state index contributed by atoms with van der Waals surface area (Å²) in [6.07, 6.45) is 3.19. The molecule has 0 aliphatic carbocycles. The molecule has 0 aromatic heterocycles. The van der Waals surface area contributed by atoms with Gasteiger partial charge in [-0.2, -0.15) is 0 Å². The van der Waals surface area contributed by atoms with Crippen molar-refractivity contribution in [1.29, 1.82) is 0 Å². The fourth-order valence-electron chi connectivity index (χ4n) is 2.04. The van der Waals surface area contributed by atoms with Gasteiger partial charge in [-0.15, -0.1) is 0 Å². The van der Waals surface area contributed by atoms with Crippen molar-refractivity contribution in [1.82, 2.24) is 4.90 Å². The van der Waals surface area contributed by atoms with Crippen molar-refractivity contribution in [2.75, 3.05) is 26.2 Å². The van der Waals surface area contributed by atoms with Crippen molar-refractivity contribution in [3.63, 3.8) is 0 Å². The minimum atomic E-state index is 0.527. The van der Waals surface area contributed by atoms with Crippen LogP contribution in [0, 0.1) is 5.92 Å². The zero-order valence-electron chi connectivity index (χ0n) is 9.25. The summed E-state index contributed by atoms with van der Waals surface area (Å²) in [6.45, 7) is 11.1. The fourth-order valence-corrected chi connectivity index (χ4v) is 2.04. The summed E-state index contributed by atoms with van der Waals surface area (Å²) < 4.78 is 5.51. The molecule has 1 atom stereocenters. The predicted octanol–water partition coefficient (Wildman–Crippen LogP) is 2.14. The molecule has 1 unspecified atom stereocenters. The summed E-state index contributed by atoms with van der Waals surface area (Å²) in [4.78, 5) is 2.50. The molecule has 1 rings (SSSR count). The lowest BCUT2D eigenvalue weighted by Crippen LogP contribution is -2.53. The Bertz CT molecular complexity index is 132. The Hall–Kier alpha value is -0.0800. The van der Waals surface area contributed by atoms with Crippen LogP contribution in [0.5, 0.6) is 0 Å². The van der Waals surface area contributed by atoms with Crippen LogP contribution in [-0.2, 0) is 4.74 Å². The molecule has 78 valence electrons. The van der Waals surface area contributed by atoms with Crippen LogP contribution in [0.1, 0.15) is 33.6 Å². The summed E-state index contributed by atoms with van der Waals surface area (Å²) in [5.74, 6) is 0.854.